The lowest BCUT2D eigenvalue weighted by molar-refractivity contribution is 0.107. The van der Waals surface area contributed by atoms with Gasteiger partial charge in [0.2, 0.25) is 5.78 Å². The van der Waals surface area contributed by atoms with Crippen molar-refractivity contribution in [3.05, 3.63) is 35.9 Å². The van der Waals surface area contributed by atoms with Crippen LogP contribution in [0, 0.1) is 0 Å². The molecular weight excluding hydrogens is 213 g/mol. The second-order valence-corrected chi connectivity index (χ2v) is 4.30. The van der Waals surface area contributed by atoms with Crippen molar-refractivity contribution in [3.63, 3.8) is 0 Å². The first kappa shape index (κ1) is 11.7. The summed E-state index contributed by atoms with van der Waals surface area (Å²) in [6.45, 7) is 1.48. The molecule has 0 spiro atoms. The molecule has 78 valence electrons. The van der Waals surface area contributed by atoms with Gasteiger partial charge in [-0.15, -0.1) is 0 Å². The highest BCUT2D eigenvalue weighted by molar-refractivity contribution is 7.38. The first-order valence-electron chi connectivity index (χ1n) is 4.39. The van der Waals surface area contributed by atoms with Gasteiger partial charge in [0.15, 0.2) is 0 Å². The largest absolute Gasteiger partial charge is 0.532 e. The van der Waals surface area contributed by atoms with Gasteiger partial charge in [0.05, 0.1) is 6.21 Å². The average Bonchev–Trinajstić information content (AvgIpc) is 2.26. The van der Waals surface area contributed by atoms with E-state index in [0.29, 0.717) is 5.56 Å². The van der Waals surface area contributed by atoms with Gasteiger partial charge in [0.1, 0.15) is 0 Å². The zero-order valence-corrected chi connectivity index (χ0v) is 9.09. The smallest absolute Gasteiger partial charge is 0.288 e. The number of benzene rings is 1. The van der Waals surface area contributed by atoms with Crippen molar-refractivity contribution < 1.29 is 14.3 Å². The number of carbonyl (C=O) groups is 1. The maximum Gasteiger partial charge on any atom is 0.532 e. The third kappa shape index (κ3) is 3.70. The Kier molecular flexibility index (Phi) is 4.28. The predicted molar refractivity (Wildman–Crippen MR) is 58.6 cm³/mol. The van der Waals surface area contributed by atoms with Gasteiger partial charge in [0.25, 0.3) is 5.78 Å². The van der Waals surface area contributed by atoms with E-state index in [9.17, 15) is 9.36 Å². The van der Waals surface area contributed by atoms with E-state index < -0.39 is 13.8 Å². The highest BCUT2D eigenvalue weighted by Gasteiger charge is 2.21. The fourth-order valence-corrected chi connectivity index (χ4v) is 1.09. The molecule has 2 unspecified atom stereocenters. The summed E-state index contributed by atoms with van der Waals surface area (Å²) in [6, 6.07) is 8.63. The molecule has 1 rings (SSSR count). The second-order valence-electron chi connectivity index (χ2n) is 2.94. The van der Waals surface area contributed by atoms with Crippen LogP contribution < -0.4 is 0 Å². The number of Topliss-reactive ketones (excluding diaryl/α,β-unsaturated/α-hetero) is 1. The van der Waals surface area contributed by atoms with Crippen LogP contribution in [0.2, 0.25) is 0 Å². The van der Waals surface area contributed by atoms with Crippen LogP contribution in [0.15, 0.2) is 35.3 Å². The highest BCUT2D eigenvalue weighted by Crippen LogP contribution is 2.21. The molecule has 1 aromatic carbocycles. The molecule has 0 aliphatic rings. The lowest BCUT2D eigenvalue weighted by Gasteiger charge is -1.93. The van der Waals surface area contributed by atoms with Crippen LogP contribution in [0.25, 0.3) is 0 Å². The van der Waals surface area contributed by atoms with Crippen LogP contribution in [0.3, 0.4) is 0 Å². The lowest BCUT2D eigenvalue weighted by Crippen LogP contribution is -2.02. The van der Waals surface area contributed by atoms with E-state index in [1.54, 1.807) is 30.3 Å². The predicted octanol–water partition coefficient (Wildman–Crippen LogP) is 2.02. The Balaban J connectivity index is 2.68. The molecule has 0 fully saturated rings. The Morgan fingerprint density at radius 3 is 2.60 bits per heavy atom. The fraction of sp³-hybridized carbons (Fsp3) is 0.200. The summed E-state index contributed by atoms with van der Waals surface area (Å²) in [5.74, 6) is -1.01. The van der Waals surface area contributed by atoms with Crippen LogP contribution in [-0.2, 0) is 4.57 Å². The zero-order chi connectivity index (χ0) is 11.3. The van der Waals surface area contributed by atoms with Gasteiger partial charge in [-0.25, -0.2) is 4.99 Å². The molecule has 0 radical (unpaired) electrons. The zero-order valence-electron chi connectivity index (χ0n) is 8.20. The van der Waals surface area contributed by atoms with E-state index in [2.05, 4.69) is 4.99 Å². The topological polar surface area (TPSA) is 66.7 Å². The molecule has 0 aliphatic heterocycles. The van der Waals surface area contributed by atoms with Crippen molar-refractivity contribution >= 4 is 20.0 Å². The summed E-state index contributed by atoms with van der Waals surface area (Å²) in [7, 11) is -2.36. The third-order valence-electron chi connectivity index (χ3n) is 1.79. The van der Waals surface area contributed by atoms with Crippen LogP contribution in [0.1, 0.15) is 17.3 Å². The maximum absolute atomic E-state index is 11.4. The number of hydrogen-bond donors (Lipinski definition) is 1. The summed E-state index contributed by atoms with van der Waals surface area (Å²) in [4.78, 5) is 23.8. The molecule has 2 atom stereocenters. The Bertz CT molecular complexity index is 389. The van der Waals surface area contributed by atoms with Gasteiger partial charge in [-0.2, -0.15) is 4.89 Å². The monoisotopic (exact) mass is 224 g/mol. The van der Waals surface area contributed by atoms with Gasteiger partial charge in [-0.3, -0.25) is 4.79 Å². The van der Waals surface area contributed by atoms with Gasteiger partial charge in [-0.05, 0) is 4.57 Å². The van der Waals surface area contributed by atoms with E-state index in [-0.39, 0.29) is 5.78 Å². The summed E-state index contributed by atoms with van der Waals surface area (Å²) >= 11 is 0. The number of hydrogen-bond acceptors (Lipinski definition) is 3. The van der Waals surface area contributed by atoms with E-state index in [0.717, 1.165) is 6.21 Å². The molecule has 0 aromatic heterocycles. The van der Waals surface area contributed by atoms with Gasteiger partial charge >= 0.3 is 8.03 Å². The van der Waals surface area contributed by atoms with Crippen LogP contribution in [-0.4, -0.2) is 22.7 Å². The van der Waals surface area contributed by atoms with Crippen molar-refractivity contribution in [3.8, 4) is 0 Å². The molecule has 1 aromatic rings. The van der Waals surface area contributed by atoms with Crippen molar-refractivity contribution in [2.24, 2.45) is 4.99 Å². The highest BCUT2D eigenvalue weighted by atomic mass is 31.1. The van der Waals surface area contributed by atoms with Gasteiger partial charge in [-0.1, -0.05) is 30.3 Å². The van der Waals surface area contributed by atoms with Crippen LogP contribution >= 0.6 is 8.03 Å². The summed E-state index contributed by atoms with van der Waals surface area (Å²) < 4.78 is 10.6. The minimum absolute atomic E-state index is 0.265. The maximum atomic E-state index is 11.4. The normalized spacial score (nSPS) is 13.9. The van der Waals surface area contributed by atoms with Crippen molar-refractivity contribution in [1.29, 1.82) is 0 Å². The molecule has 4 nitrogen and oxygen atoms in total. The first-order chi connectivity index (χ1) is 7.11. The Labute approximate surface area is 88.5 Å². The SMILES string of the molecule is CC(N=CC(=O)c1ccccc1)[P+](=O)O. The molecule has 0 heterocycles. The molecular formula is C10H11NO3P+. The fourth-order valence-electron chi connectivity index (χ4n) is 0.910. The number of rotatable bonds is 4. The minimum Gasteiger partial charge on any atom is -0.288 e. The van der Waals surface area contributed by atoms with E-state index in [1.807, 2.05) is 0 Å². The van der Waals surface area contributed by atoms with Crippen molar-refractivity contribution in [2.45, 2.75) is 12.7 Å². The molecule has 0 saturated heterocycles. The standard InChI is InChI=1S/C10H10NO3P/c1-8(15(13)14)11-7-10(12)9-5-3-2-4-6-9/h2-8H,1H3/p+1. The number of carbonyl (C=O) groups excluding carboxylic acids is 1. The second kappa shape index (κ2) is 5.49. The Hall–Kier alpha value is -1.38. The number of nitrogens with zero attached hydrogens (tertiary/aromatic N) is 1. The Morgan fingerprint density at radius 2 is 2.07 bits per heavy atom. The third-order valence-corrected chi connectivity index (χ3v) is 2.56. The van der Waals surface area contributed by atoms with Gasteiger partial charge < -0.3 is 0 Å². The Morgan fingerprint density at radius 1 is 1.47 bits per heavy atom. The van der Waals surface area contributed by atoms with Gasteiger partial charge in [0, 0.05) is 12.5 Å². The number of ketones is 1. The molecule has 15 heavy (non-hydrogen) atoms. The number of aliphatic imine (C=N–C) groups is 1. The first-order valence-corrected chi connectivity index (χ1v) is 5.67. The van der Waals surface area contributed by atoms with Crippen molar-refractivity contribution in [1.82, 2.24) is 0 Å². The summed E-state index contributed by atoms with van der Waals surface area (Å²) in [6.07, 6.45) is 1.09. The van der Waals surface area contributed by atoms with E-state index in [1.165, 1.54) is 6.92 Å². The minimum atomic E-state index is -2.36. The average molecular weight is 224 g/mol. The van der Waals surface area contributed by atoms with Crippen molar-refractivity contribution in [2.75, 3.05) is 0 Å². The quantitative estimate of drug-likeness (QED) is 0.483. The molecule has 0 saturated carbocycles. The van der Waals surface area contributed by atoms with E-state index in [4.69, 9.17) is 4.89 Å². The van der Waals surface area contributed by atoms with Crippen LogP contribution in [0.4, 0.5) is 0 Å². The molecule has 0 aliphatic carbocycles. The molecule has 0 bridgehead atoms. The summed E-state index contributed by atoms with van der Waals surface area (Å²) in [5, 5.41) is 0. The molecule has 0 amide bonds. The lowest BCUT2D eigenvalue weighted by atomic mass is 10.1. The summed E-state index contributed by atoms with van der Waals surface area (Å²) in [5.41, 5.74) is 0.515. The molecule has 5 heteroatoms. The van der Waals surface area contributed by atoms with E-state index >= 15 is 0 Å². The molecule has 1 N–H and O–H groups in total. The van der Waals surface area contributed by atoms with Crippen LogP contribution in [0.5, 0.6) is 0 Å².